The summed E-state index contributed by atoms with van der Waals surface area (Å²) in [5.41, 5.74) is 0. The van der Waals surface area contributed by atoms with Gasteiger partial charge in [0.1, 0.15) is 0 Å². The lowest BCUT2D eigenvalue weighted by Gasteiger charge is -2.22. The third kappa shape index (κ3) is 1.73. The van der Waals surface area contributed by atoms with Crippen molar-refractivity contribution in [3.05, 3.63) is 0 Å². The van der Waals surface area contributed by atoms with Gasteiger partial charge >= 0.3 is 0 Å². The lowest BCUT2D eigenvalue weighted by Crippen LogP contribution is -2.37. The van der Waals surface area contributed by atoms with Crippen molar-refractivity contribution >= 4 is 15.9 Å². The molecule has 0 spiro atoms. The first-order chi connectivity index (χ1) is 3.79. The van der Waals surface area contributed by atoms with E-state index in [2.05, 4.69) is 21.2 Å². The summed E-state index contributed by atoms with van der Waals surface area (Å²) in [5, 5.41) is 12.0. The molecule has 0 aromatic carbocycles. The van der Waals surface area contributed by atoms with Crippen LogP contribution in [0.4, 0.5) is 0 Å². The van der Waals surface area contributed by atoms with E-state index in [0.29, 0.717) is 4.95 Å². The number of alkyl halides is 1. The summed E-state index contributed by atoms with van der Waals surface area (Å²) in [6.07, 6.45) is 1.83. The highest BCUT2D eigenvalue weighted by Gasteiger charge is 2.14. The molecule has 2 nitrogen and oxygen atoms in total. The number of hydrogen-bond acceptors (Lipinski definition) is 2. The second kappa shape index (κ2) is 2.80. The molecule has 1 rings (SSSR count). The highest BCUT2D eigenvalue weighted by atomic mass is 79.9. The number of aliphatic hydroxyl groups excluding tert-OH is 1. The van der Waals surface area contributed by atoms with Crippen LogP contribution in [0.25, 0.3) is 0 Å². The number of halogens is 1. The highest BCUT2D eigenvalue weighted by Crippen LogP contribution is 2.11. The van der Waals surface area contributed by atoms with Gasteiger partial charge in [0.25, 0.3) is 0 Å². The molecule has 1 heterocycles. The lowest BCUT2D eigenvalue weighted by atomic mass is 10.1. The van der Waals surface area contributed by atoms with Gasteiger partial charge < -0.3 is 10.4 Å². The highest BCUT2D eigenvalue weighted by molar-refractivity contribution is 9.09. The summed E-state index contributed by atoms with van der Waals surface area (Å²) in [6, 6.07) is 0. The molecule has 1 fully saturated rings. The zero-order valence-corrected chi connectivity index (χ0v) is 6.19. The number of hydrogen-bond donors (Lipinski definition) is 2. The Kier molecular flexibility index (Phi) is 2.28. The summed E-state index contributed by atoms with van der Waals surface area (Å²) in [7, 11) is 0. The molecule has 1 aliphatic rings. The van der Waals surface area contributed by atoms with Gasteiger partial charge in [-0.1, -0.05) is 15.9 Å². The van der Waals surface area contributed by atoms with Crippen LogP contribution in [-0.2, 0) is 0 Å². The monoisotopic (exact) mass is 179 g/mol. The maximum Gasteiger partial charge on any atom is 0.0665 e. The average molecular weight is 180 g/mol. The van der Waals surface area contributed by atoms with E-state index in [4.69, 9.17) is 5.11 Å². The second-order valence-electron chi connectivity index (χ2n) is 2.11. The van der Waals surface area contributed by atoms with E-state index in [0.717, 1.165) is 19.4 Å². The number of aliphatic hydroxyl groups is 1. The minimum Gasteiger partial charge on any atom is -0.392 e. The van der Waals surface area contributed by atoms with Crippen LogP contribution in [0.2, 0.25) is 0 Å². The molecule has 1 saturated heterocycles. The Hall–Kier alpha value is 0.400. The van der Waals surface area contributed by atoms with E-state index in [1.807, 2.05) is 0 Å². The van der Waals surface area contributed by atoms with Crippen LogP contribution < -0.4 is 5.32 Å². The quantitative estimate of drug-likeness (QED) is 0.419. The smallest absolute Gasteiger partial charge is 0.0665 e. The largest absolute Gasteiger partial charge is 0.392 e. The third-order valence-electron chi connectivity index (χ3n) is 1.33. The standard InChI is InChI=1S/C5H10BrNO/c6-5-2-1-4(8)3-7-5/h4-5,7-8H,1-3H2. The number of nitrogens with one attached hydrogen (secondary N) is 1. The van der Waals surface area contributed by atoms with Crippen LogP contribution in [0, 0.1) is 0 Å². The Morgan fingerprint density at radius 2 is 2.25 bits per heavy atom. The molecule has 0 radical (unpaired) electrons. The maximum absolute atomic E-state index is 8.94. The first-order valence-electron chi connectivity index (χ1n) is 2.84. The zero-order chi connectivity index (χ0) is 5.98. The number of β-amino-alcohol motifs (C(OH)–C–C–N with tert-alkyl or cyclic N) is 1. The molecule has 2 atom stereocenters. The predicted molar refractivity (Wildman–Crippen MR) is 36.0 cm³/mol. The van der Waals surface area contributed by atoms with Crippen LogP contribution in [0.1, 0.15) is 12.8 Å². The van der Waals surface area contributed by atoms with Crippen molar-refractivity contribution in [3.63, 3.8) is 0 Å². The molecule has 0 bridgehead atoms. The second-order valence-corrected chi connectivity index (χ2v) is 3.21. The van der Waals surface area contributed by atoms with Crippen molar-refractivity contribution in [3.8, 4) is 0 Å². The molecule has 8 heavy (non-hydrogen) atoms. The van der Waals surface area contributed by atoms with E-state index >= 15 is 0 Å². The van der Waals surface area contributed by atoms with Crippen molar-refractivity contribution < 1.29 is 5.11 Å². The van der Waals surface area contributed by atoms with Gasteiger partial charge in [0.05, 0.1) is 11.1 Å². The Bertz CT molecular complexity index is 60.8. The van der Waals surface area contributed by atoms with E-state index in [1.54, 1.807) is 0 Å². The predicted octanol–water partition coefficient (Wildman–Crippen LogP) is 0.452. The zero-order valence-electron chi connectivity index (χ0n) is 4.60. The molecule has 2 unspecified atom stereocenters. The van der Waals surface area contributed by atoms with Crippen molar-refractivity contribution in [2.45, 2.75) is 23.9 Å². The van der Waals surface area contributed by atoms with Crippen LogP contribution in [0.3, 0.4) is 0 Å². The molecule has 1 aliphatic heterocycles. The number of rotatable bonds is 0. The van der Waals surface area contributed by atoms with Crippen molar-refractivity contribution in [2.75, 3.05) is 6.54 Å². The maximum atomic E-state index is 8.94. The third-order valence-corrected chi connectivity index (χ3v) is 2.11. The van der Waals surface area contributed by atoms with E-state index in [-0.39, 0.29) is 6.10 Å². The van der Waals surface area contributed by atoms with Crippen molar-refractivity contribution in [1.29, 1.82) is 0 Å². The molecule has 0 aromatic rings. The minimum atomic E-state index is -0.121. The SMILES string of the molecule is OC1CCC(Br)NC1. The summed E-state index contributed by atoms with van der Waals surface area (Å²) in [6.45, 7) is 0.732. The van der Waals surface area contributed by atoms with Gasteiger partial charge in [0.2, 0.25) is 0 Å². The molecule has 48 valence electrons. The van der Waals surface area contributed by atoms with Crippen LogP contribution in [0.5, 0.6) is 0 Å². The summed E-state index contributed by atoms with van der Waals surface area (Å²) < 4.78 is 0. The summed E-state index contributed by atoms with van der Waals surface area (Å²) >= 11 is 3.39. The average Bonchev–Trinajstić information content (AvgIpc) is 1.77. The lowest BCUT2D eigenvalue weighted by molar-refractivity contribution is 0.139. The summed E-state index contributed by atoms with van der Waals surface area (Å²) in [5.74, 6) is 0. The van der Waals surface area contributed by atoms with Gasteiger partial charge in [0, 0.05) is 6.54 Å². The fourth-order valence-electron chi connectivity index (χ4n) is 0.807. The van der Waals surface area contributed by atoms with Crippen molar-refractivity contribution in [2.24, 2.45) is 0 Å². The molecule has 0 saturated carbocycles. The number of piperidine rings is 1. The molecule has 0 aliphatic carbocycles. The molecular weight excluding hydrogens is 170 g/mol. The molecule has 2 N–H and O–H groups in total. The van der Waals surface area contributed by atoms with Gasteiger partial charge in [-0.25, -0.2) is 0 Å². The van der Waals surface area contributed by atoms with Gasteiger partial charge in [0.15, 0.2) is 0 Å². The van der Waals surface area contributed by atoms with E-state index < -0.39 is 0 Å². The summed E-state index contributed by atoms with van der Waals surface area (Å²) in [4.78, 5) is 0.422. The Morgan fingerprint density at radius 1 is 1.50 bits per heavy atom. The van der Waals surface area contributed by atoms with Gasteiger partial charge in [-0.2, -0.15) is 0 Å². The van der Waals surface area contributed by atoms with Gasteiger partial charge in [-0.05, 0) is 12.8 Å². The minimum absolute atomic E-state index is 0.121. The fraction of sp³-hybridized carbons (Fsp3) is 1.00. The first-order valence-corrected chi connectivity index (χ1v) is 3.76. The van der Waals surface area contributed by atoms with Crippen molar-refractivity contribution in [1.82, 2.24) is 5.32 Å². The van der Waals surface area contributed by atoms with Crippen LogP contribution in [0.15, 0.2) is 0 Å². The Morgan fingerprint density at radius 3 is 2.62 bits per heavy atom. The molecular formula is C5H10BrNO. The Balaban J connectivity index is 2.19. The molecule has 3 heteroatoms. The normalized spacial score (nSPS) is 39.8. The van der Waals surface area contributed by atoms with Gasteiger partial charge in [-0.15, -0.1) is 0 Å². The van der Waals surface area contributed by atoms with Crippen LogP contribution in [-0.4, -0.2) is 22.7 Å². The van der Waals surface area contributed by atoms with Gasteiger partial charge in [-0.3, -0.25) is 0 Å². The topological polar surface area (TPSA) is 32.3 Å². The molecule has 0 amide bonds. The first kappa shape index (κ1) is 6.52. The van der Waals surface area contributed by atoms with Crippen LogP contribution >= 0.6 is 15.9 Å². The Labute approximate surface area is 57.4 Å². The van der Waals surface area contributed by atoms with E-state index in [1.165, 1.54) is 0 Å². The fourth-order valence-corrected chi connectivity index (χ4v) is 1.26. The van der Waals surface area contributed by atoms with E-state index in [9.17, 15) is 0 Å². The molecule has 0 aromatic heterocycles.